The maximum Gasteiger partial charge on any atom is 0.121 e. The molecule has 0 aliphatic heterocycles. The molecule has 0 aliphatic rings. The van der Waals surface area contributed by atoms with Gasteiger partial charge in [0.05, 0.1) is 7.11 Å². The fraction of sp³-hybridized carbons (Fsp3) is 0.273. The largest absolute Gasteiger partial charge is 0.496 e. The normalized spacial score (nSPS) is 11.9. The summed E-state index contributed by atoms with van der Waals surface area (Å²) < 4.78 is 5.14. The van der Waals surface area contributed by atoms with E-state index in [2.05, 4.69) is 11.3 Å². The van der Waals surface area contributed by atoms with Crippen LogP contribution in [0.2, 0.25) is 0 Å². The molecule has 3 heteroatoms. The molecule has 0 radical (unpaired) electrons. The average molecular weight is 190 g/mol. The lowest BCUT2D eigenvalue weighted by atomic mass is 10.0. The van der Waals surface area contributed by atoms with Crippen molar-refractivity contribution in [2.24, 2.45) is 5.84 Å². The van der Waals surface area contributed by atoms with Crippen molar-refractivity contribution in [3.8, 4) is 18.1 Å². The molecule has 1 aromatic carbocycles. The number of hydrazine groups is 1. The number of methoxy groups -OCH3 is 1. The number of nitrogens with one attached hydrogen (secondary N) is 1. The number of hydrogen-bond donors (Lipinski definition) is 2. The summed E-state index contributed by atoms with van der Waals surface area (Å²) in [5.41, 5.74) is 4.56. The number of aryl methyl sites for hydroxylation is 1. The second kappa shape index (κ2) is 4.66. The van der Waals surface area contributed by atoms with Crippen molar-refractivity contribution in [1.82, 2.24) is 5.43 Å². The number of rotatable bonds is 3. The van der Waals surface area contributed by atoms with Crippen LogP contribution in [0.4, 0.5) is 0 Å². The van der Waals surface area contributed by atoms with Crippen LogP contribution in [0.1, 0.15) is 17.2 Å². The molecule has 3 N–H and O–H groups in total. The highest BCUT2D eigenvalue weighted by Gasteiger charge is 2.07. The van der Waals surface area contributed by atoms with Gasteiger partial charge in [0.2, 0.25) is 0 Å². The predicted octanol–water partition coefficient (Wildman–Crippen LogP) is 1.14. The Balaban J connectivity index is 3.03. The molecule has 0 fully saturated rings. The van der Waals surface area contributed by atoms with Crippen molar-refractivity contribution < 1.29 is 4.74 Å². The van der Waals surface area contributed by atoms with Crippen LogP contribution in [-0.2, 0) is 0 Å². The minimum absolute atomic E-state index is 0.250. The van der Waals surface area contributed by atoms with Gasteiger partial charge in [0.25, 0.3) is 0 Å². The first-order valence-electron chi connectivity index (χ1n) is 4.29. The lowest BCUT2D eigenvalue weighted by Crippen LogP contribution is -2.26. The molecular formula is C11H14N2O. The molecule has 1 atom stereocenters. The van der Waals surface area contributed by atoms with E-state index in [1.165, 1.54) is 0 Å². The third kappa shape index (κ3) is 2.05. The number of ether oxygens (including phenoxy) is 1. The Kier molecular flexibility index (Phi) is 3.52. The van der Waals surface area contributed by atoms with Gasteiger partial charge in [-0.2, -0.15) is 0 Å². The van der Waals surface area contributed by atoms with Crippen LogP contribution in [-0.4, -0.2) is 7.11 Å². The summed E-state index contributed by atoms with van der Waals surface area (Å²) in [6.45, 7) is 1.96. The van der Waals surface area contributed by atoms with Gasteiger partial charge >= 0.3 is 0 Å². The van der Waals surface area contributed by atoms with Gasteiger partial charge in [-0.15, -0.1) is 6.42 Å². The van der Waals surface area contributed by atoms with E-state index < -0.39 is 0 Å². The Morgan fingerprint density at radius 2 is 2.29 bits per heavy atom. The van der Waals surface area contributed by atoms with E-state index in [9.17, 15) is 0 Å². The van der Waals surface area contributed by atoms with Crippen molar-refractivity contribution in [3.05, 3.63) is 29.3 Å². The molecule has 0 aliphatic carbocycles. The molecule has 1 rings (SSSR count). The molecule has 0 bridgehead atoms. The molecule has 0 amide bonds. The number of hydrogen-bond acceptors (Lipinski definition) is 3. The van der Waals surface area contributed by atoms with Gasteiger partial charge < -0.3 is 4.74 Å². The fourth-order valence-electron chi connectivity index (χ4n) is 1.32. The zero-order chi connectivity index (χ0) is 10.6. The zero-order valence-electron chi connectivity index (χ0n) is 8.37. The topological polar surface area (TPSA) is 47.3 Å². The Hall–Kier alpha value is -1.50. The summed E-state index contributed by atoms with van der Waals surface area (Å²) in [7, 11) is 1.64. The number of terminal acetylenes is 1. The van der Waals surface area contributed by atoms with Gasteiger partial charge in [-0.1, -0.05) is 12.0 Å². The first-order valence-corrected chi connectivity index (χ1v) is 4.29. The van der Waals surface area contributed by atoms with Crippen LogP contribution >= 0.6 is 0 Å². The first-order chi connectivity index (χ1) is 6.72. The molecule has 3 nitrogen and oxygen atoms in total. The lowest BCUT2D eigenvalue weighted by Gasteiger charge is -2.12. The molecule has 0 heterocycles. The minimum Gasteiger partial charge on any atom is -0.496 e. The standard InChI is InChI=1S/C11H14N2O/c1-4-10(13-12)9-5-6-11(14-3)8(2)7-9/h1,5-7,10,13H,12H2,2-3H3. The second-order valence-corrected chi connectivity index (χ2v) is 3.00. The lowest BCUT2D eigenvalue weighted by molar-refractivity contribution is 0.411. The highest BCUT2D eigenvalue weighted by molar-refractivity contribution is 5.39. The molecule has 0 saturated carbocycles. The van der Waals surface area contributed by atoms with Crippen LogP contribution in [0.25, 0.3) is 0 Å². The summed E-state index contributed by atoms with van der Waals surface area (Å²) in [5.74, 6) is 8.72. The second-order valence-electron chi connectivity index (χ2n) is 3.00. The SMILES string of the molecule is C#CC(NN)c1ccc(OC)c(C)c1. The van der Waals surface area contributed by atoms with Gasteiger partial charge in [0.15, 0.2) is 0 Å². The van der Waals surface area contributed by atoms with Crippen molar-refractivity contribution in [2.75, 3.05) is 7.11 Å². The van der Waals surface area contributed by atoms with Crippen LogP contribution in [0.5, 0.6) is 5.75 Å². The highest BCUT2D eigenvalue weighted by atomic mass is 16.5. The van der Waals surface area contributed by atoms with Crippen molar-refractivity contribution in [1.29, 1.82) is 0 Å². The zero-order valence-corrected chi connectivity index (χ0v) is 8.37. The van der Waals surface area contributed by atoms with Crippen LogP contribution in [0, 0.1) is 19.3 Å². The summed E-state index contributed by atoms with van der Waals surface area (Å²) in [4.78, 5) is 0. The van der Waals surface area contributed by atoms with E-state index in [-0.39, 0.29) is 6.04 Å². The van der Waals surface area contributed by atoms with E-state index in [1.54, 1.807) is 7.11 Å². The van der Waals surface area contributed by atoms with Crippen molar-refractivity contribution in [2.45, 2.75) is 13.0 Å². The minimum atomic E-state index is -0.250. The molecule has 74 valence electrons. The maximum atomic E-state index is 5.31. The van der Waals surface area contributed by atoms with Gasteiger partial charge in [0.1, 0.15) is 11.8 Å². The summed E-state index contributed by atoms with van der Waals surface area (Å²) >= 11 is 0. The summed E-state index contributed by atoms with van der Waals surface area (Å²) in [6.07, 6.45) is 5.31. The third-order valence-corrected chi connectivity index (χ3v) is 2.09. The molecule has 14 heavy (non-hydrogen) atoms. The van der Waals surface area contributed by atoms with E-state index in [0.29, 0.717) is 0 Å². The van der Waals surface area contributed by atoms with Gasteiger partial charge in [-0.25, -0.2) is 5.43 Å². The quantitative estimate of drug-likeness (QED) is 0.427. The van der Waals surface area contributed by atoms with Gasteiger partial charge in [-0.3, -0.25) is 5.84 Å². The van der Waals surface area contributed by atoms with Gasteiger partial charge in [0, 0.05) is 0 Å². The van der Waals surface area contributed by atoms with Gasteiger partial charge in [-0.05, 0) is 30.2 Å². The number of benzene rings is 1. The van der Waals surface area contributed by atoms with E-state index in [1.807, 2.05) is 25.1 Å². The summed E-state index contributed by atoms with van der Waals surface area (Å²) in [5, 5.41) is 0. The molecule has 1 aromatic rings. The Morgan fingerprint density at radius 1 is 1.57 bits per heavy atom. The molecule has 1 unspecified atom stereocenters. The van der Waals surface area contributed by atoms with Crippen LogP contribution in [0.15, 0.2) is 18.2 Å². The van der Waals surface area contributed by atoms with Crippen molar-refractivity contribution in [3.63, 3.8) is 0 Å². The smallest absolute Gasteiger partial charge is 0.121 e. The molecule has 0 saturated heterocycles. The third-order valence-electron chi connectivity index (χ3n) is 2.09. The predicted molar refractivity (Wildman–Crippen MR) is 56.6 cm³/mol. The monoisotopic (exact) mass is 190 g/mol. The van der Waals surface area contributed by atoms with Crippen LogP contribution in [0.3, 0.4) is 0 Å². The first kappa shape index (κ1) is 10.6. The number of nitrogens with two attached hydrogens (primary N) is 1. The van der Waals surface area contributed by atoms with E-state index in [0.717, 1.165) is 16.9 Å². The van der Waals surface area contributed by atoms with E-state index in [4.69, 9.17) is 17.0 Å². The summed E-state index contributed by atoms with van der Waals surface area (Å²) in [6, 6.07) is 5.49. The Labute approximate surface area is 84.2 Å². The molecular weight excluding hydrogens is 176 g/mol. The van der Waals surface area contributed by atoms with Crippen LogP contribution < -0.4 is 16.0 Å². The Morgan fingerprint density at radius 3 is 2.71 bits per heavy atom. The molecule has 0 aromatic heterocycles. The molecule has 0 spiro atoms. The highest BCUT2D eigenvalue weighted by Crippen LogP contribution is 2.21. The Bertz CT molecular complexity index is 355. The van der Waals surface area contributed by atoms with Crippen molar-refractivity contribution >= 4 is 0 Å². The maximum absolute atomic E-state index is 5.31. The van der Waals surface area contributed by atoms with E-state index >= 15 is 0 Å². The average Bonchev–Trinajstić information content (AvgIpc) is 2.20. The fourth-order valence-corrected chi connectivity index (χ4v) is 1.32.